The summed E-state index contributed by atoms with van der Waals surface area (Å²) >= 11 is 6.12. The molecule has 0 bridgehead atoms. The van der Waals surface area contributed by atoms with Gasteiger partial charge in [-0.2, -0.15) is 0 Å². The molecule has 0 radical (unpaired) electrons. The van der Waals surface area contributed by atoms with E-state index in [1.807, 2.05) is 26.0 Å². The summed E-state index contributed by atoms with van der Waals surface area (Å²) in [7, 11) is 1.63. The Kier molecular flexibility index (Phi) is 3.78. The van der Waals surface area contributed by atoms with E-state index < -0.39 is 0 Å². The summed E-state index contributed by atoms with van der Waals surface area (Å²) in [6.07, 6.45) is 0.781. The predicted molar refractivity (Wildman–Crippen MR) is 60.1 cm³/mol. The first kappa shape index (κ1) is 11.3. The fourth-order valence-electron chi connectivity index (χ4n) is 1.42. The Morgan fingerprint density at radius 1 is 1.50 bits per heavy atom. The van der Waals surface area contributed by atoms with E-state index in [0.717, 1.165) is 23.3 Å². The molecule has 0 fully saturated rings. The number of methoxy groups -OCH3 is 1. The number of benzene rings is 1. The Balaban J connectivity index is 3.10. The van der Waals surface area contributed by atoms with E-state index in [9.17, 15) is 0 Å². The average Bonchev–Trinajstić information content (AvgIpc) is 2.11. The van der Waals surface area contributed by atoms with Gasteiger partial charge in [0.15, 0.2) is 0 Å². The Morgan fingerprint density at radius 3 is 2.64 bits per heavy atom. The number of rotatable bonds is 3. The fraction of sp³-hybridized carbons (Fsp3) is 0.455. The first-order valence-corrected chi connectivity index (χ1v) is 5.01. The molecule has 0 heterocycles. The molecule has 0 aliphatic heterocycles. The quantitative estimate of drug-likeness (QED) is 0.838. The van der Waals surface area contributed by atoms with Crippen molar-refractivity contribution in [2.45, 2.75) is 26.3 Å². The minimum absolute atomic E-state index is 0.114. The summed E-state index contributed by atoms with van der Waals surface area (Å²) in [6, 6.07) is 4.12. The van der Waals surface area contributed by atoms with Crippen molar-refractivity contribution in [2.75, 3.05) is 7.11 Å². The lowest BCUT2D eigenvalue weighted by Gasteiger charge is -2.13. The molecule has 0 saturated heterocycles. The third-order valence-corrected chi connectivity index (χ3v) is 2.59. The fourth-order valence-corrected chi connectivity index (χ4v) is 1.68. The van der Waals surface area contributed by atoms with Crippen molar-refractivity contribution in [3.05, 3.63) is 28.3 Å². The summed E-state index contributed by atoms with van der Waals surface area (Å²) in [5.41, 5.74) is 7.83. The van der Waals surface area contributed by atoms with Crippen molar-refractivity contribution in [1.82, 2.24) is 0 Å². The molecule has 0 spiro atoms. The summed E-state index contributed by atoms with van der Waals surface area (Å²) in [5.74, 6) is 0.754. The van der Waals surface area contributed by atoms with Crippen LogP contribution in [-0.2, 0) is 6.42 Å². The highest BCUT2D eigenvalue weighted by Gasteiger charge is 2.11. The Bertz CT molecular complexity index is 323. The molecule has 0 saturated carbocycles. The second-order valence-electron chi connectivity index (χ2n) is 3.57. The van der Waals surface area contributed by atoms with Gasteiger partial charge in [0.1, 0.15) is 5.75 Å². The maximum atomic E-state index is 6.12. The van der Waals surface area contributed by atoms with Crippen molar-refractivity contribution in [3.63, 3.8) is 0 Å². The monoisotopic (exact) mass is 213 g/mol. The maximum absolute atomic E-state index is 6.12. The zero-order chi connectivity index (χ0) is 10.7. The minimum Gasteiger partial charge on any atom is -0.495 e. The molecule has 1 rings (SSSR count). The topological polar surface area (TPSA) is 35.2 Å². The number of nitrogens with two attached hydrogens (primary N) is 1. The van der Waals surface area contributed by atoms with Gasteiger partial charge in [0.25, 0.3) is 0 Å². The van der Waals surface area contributed by atoms with Crippen molar-refractivity contribution in [3.8, 4) is 5.75 Å². The smallest absolute Gasteiger partial charge is 0.140 e. The second kappa shape index (κ2) is 4.67. The molecule has 1 unspecified atom stereocenters. The molecular weight excluding hydrogens is 198 g/mol. The van der Waals surface area contributed by atoms with Crippen molar-refractivity contribution >= 4 is 11.6 Å². The number of hydrogen-bond acceptors (Lipinski definition) is 2. The molecule has 1 aromatic rings. The van der Waals surface area contributed by atoms with Gasteiger partial charge in [-0.05, 0) is 31.4 Å². The molecule has 78 valence electrons. The molecule has 3 heteroatoms. The third-order valence-electron chi connectivity index (χ3n) is 2.12. The zero-order valence-corrected chi connectivity index (χ0v) is 9.56. The highest BCUT2D eigenvalue weighted by atomic mass is 35.5. The first-order chi connectivity index (χ1) is 6.56. The summed E-state index contributed by atoms with van der Waals surface area (Å²) in [6.45, 7) is 3.92. The van der Waals surface area contributed by atoms with Crippen LogP contribution in [0.15, 0.2) is 12.1 Å². The van der Waals surface area contributed by atoms with Crippen molar-refractivity contribution in [1.29, 1.82) is 0 Å². The number of ether oxygens (including phenoxy) is 1. The van der Waals surface area contributed by atoms with Crippen LogP contribution in [0.25, 0.3) is 0 Å². The van der Waals surface area contributed by atoms with E-state index in [1.165, 1.54) is 0 Å². The number of halogens is 1. The van der Waals surface area contributed by atoms with Crippen LogP contribution in [0.3, 0.4) is 0 Å². The molecule has 0 aliphatic rings. The lowest BCUT2D eigenvalue weighted by molar-refractivity contribution is 0.408. The molecular formula is C11H16ClNO. The van der Waals surface area contributed by atoms with Gasteiger partial charge in [-0.1, -0.05) is 23.7 Å². The first-order valence-electron chi connectivity index (χ1n) is 4.63. The van der Waals surface area contributed by atoms with Crippen LogP contribution in [0.5, 0.6) is 5.75 Å². The molecule has 0 aromatic heterocycles. The van der Waals surface area contributed by atoms with Crippen LogP contribution in [0.1, 0.15) is 18.1 Å². The Morgan fingerprint density at radius 2 is 2.14 bits per heavy atom. The molecule has 14 heavy (non-hydrogen) atoms. The van der Waals surface area contributed by atoms with Crippen LogP contribution < -0.4 is 10.5 Å². The van der Waals surface area contributed by atoms with Crippen LogP contribution in [0.4, 0.5) is 0 Å². The Labute approximate surface area is 90.0 Å². The number of hydrogen-bond donors (Lipinski definition) is 1. The van der Waals surface area contributed by atoms with E-state index in [0.29, 0.717) is 5.02 Å². The van der Waals surface area contributed by atoms with Crippen LogP contribution >= 0.6 is 11.6 Å². The lowest BCUT2D eigenvalue weighted by atomic mass is 10.0. The van der Waals surface area contributed by atoms with Crippen LogP contribution in [0, 0.1) is 6.92 Å². The second-order valence-corrected chi connectivity index (χ2v) is 3.95. The van der Waals surface area contributed by atoms with Gasteiger partial charge in [0.2, 0.25) is 0 Å². The minimum atomic E-state index is 0.114. The Hall–Kier alpha value is -0.730. The molecule has 1 atom stereocenters. The number of aryl methyl sites for hydroxylation is 1. The molecule has 0 aliphatic carbocycles. The van der Waals surface area contributed by atoms with Crippen LogP contribution in [-0.4, -0.2) is 13.2 Å². The SMILES string of the molecule is COc1c(CC(C)N)ccc(C)c1Cl. The van der Waals surface area contributed by atoms with Gasteiger partial charge in [0, 0.05) is 6.04 Å². The van der Waals surface area contributed by atoms with Crippen molar-refractivity contribution < 1.29 is 4.74 Å². The van der Waals surface area contributed by atoms with Gasteiger partial charge in [0.05, 0.1) is 12.1 Å². The summed E-state index contributed by atoms with van der Waals surface area (Å²) in [5, 5.41) is 0.686. The van der Waals surface area contributed by atoms with E-state index in [-0.39, 0.29) is 6.04 Å². The molecule has 2 N–H and O–H groups in total. The molecule has 0 amide bonds. The van der Waals surface area contributed by atoms with Gasteiger partial charge in [-0.3, -0.25) is 0 Å². The van der Waals surface area contributed by atoms with E-state index in [4.69, 9.17) is 22.1 Å². The van der Waals surface area contributed by atoms with Crippen molar-refractivity contribution in [2.24, 2.45) is 5.73 Å². The average molecular weight is 214 g/mol. The van der Waals surface area contributed by atoms with E-state index >= 15 is 0 Å². The van der Waals surface area contributed by atoms with Crippen LogP contribution in [0.2, 0.25) is 5.02 Å². The largest absolute Gasteiger partial charge is 0.495 e. The normalized spacial score (nSPS) is 12.6. The highest BCUT2D eigenvalue weighted by Crippen LogP contribution is 2.32. The molecule has 1 aromatic carbocycles. The standard InChI is InChI=1S/C11H16ClNO/c1-7-4-5-9(6-8(2)13)11(14-3)10(7)12/h4-5,8H,6,13H2,1-3H3. The van der Waals surface area contributed by atoms with Gasteiger partial charge >= 0.3 is 0 Å². The lowest BCUT2D eigenvalue weighted by Crippen LogP contribution is -2.18. The zero-order valence-electron chi connectivity index (χ0n) is 8.80. The van der Waals surface area contributed by atoms with Gasteiger partial charge in [-0.15, -0.1) is 0 Å². The maximum Gasteiger partial charge on any atom is 0.140 e. The van der Waals surface area contributed by atoms with E-state index in [2.05, 4.69) is 0 Å². The summed E-state index contributed by atoms with van der Waals surface area (Å²) in [4.78, 5) is 0. The third kappa shape index (κ3) is 2.40. The van der Waals surface area contributed by atoms with E-state index in [1.54, 1.807) is 7.11 Å². The predicted octanol–water partition coefficient (Wildman–Crippen LogP) is 2.55. The summed E-state index contributed by atoms with van der Waals surface area (Å²) < 4.78 is 5.27. The van der Waals surface area contributed by atoms with Gasteiger partial charge in [-0.25, -0.2) is 0 Å². The highest BCUT2D eigenvalue weighted by molar-refractivity contribution is 6.32. The molecule has 2 nitrogen and oxygen atoms in total. The van der Waals surface area contributed by atoms with Gasteiger partial charge < -0.3 is 10.5 Å².